The lowest BCUT2D eigenvalue weighted by molar-refractivity contribution is 0.237. The first-order valence-corrected chi connectivity index (χ1v) is 4.84. The van der Waals surface area contributed by atoms with Gasteiger partial charge in [0.2, 0.25) is 0 Å². The molecule has 1 heterocycles. The summed E-state index contributed by atoms with van der Waals surface area (Å²) < 4.78 is 0. The van der Waals surface area contributed by atoms with Crippen LogP contribution >= 0.6 is 0 Å². The minimum absolute atomic E-state index is 0.0879. The average Bonchev–Trinajstić information content (AvgIpc) is 2.28. The number of pyridine rings is 1. The van der Waals surface area contributed by atoms with Gasteiger partial charge in [-0.2, -0.15) is 0 Å². The summed E-state index contributed by atoms with van der Waals surface area (Å²) in [7, 11) is 0. The standard InChI is InChI=1S/C10H15N3O2/c14-7-1-4-12-10(15)13-8-9-2-5-11-6-3-9/h2-3,5-6,14H,1,4,7-8H2,(H2,12,13,15). The molecule has 3 N–H and O–H groups in total. The van der Waals surface area contributed by atoms with Gasteiger partial charge in [0.1, 0.15) is 0 Å². The van der Waals surface area contributed by atoms with Gasteiger partial charge in [0, 0.05) is 32.1 Å². The van der Waals surface area contributed by atoms with E-state index in [1.807, 2.05) is 12.1 Å². The topological polar surface area (TPSA) is 74.2 Å². The molecule has 0 fully saturated rings. The summed E-state index contributed by atoms with van der Waals surface area (Å²) in [5.41, 5.74) is 1.00. The first-order chi connectivity index (χ1) is 7.33. The molecule has 1 aromatic rings. The van der Waals surface area contributed by atoms with Gasteiger partial charge in [-0.25, -0.2) is 4.79 Å². The van der Waals surface area contributed by atoms with Gasteiger partial charge in [-0.15, -0.1) is 0 Å². The molecule has 0 aliphatic heterocycles. The summed E-state index contributed by atoms with van der Waals surface area (Å²) in [6.07, 6.45) is 3.93. The molecule has 5 nitrogen and oxygen atoms in total. The van der Waals surface area contributed by atoms with Crippen molar-refractivity contribution in [2.75, 3.05) is 13.2 Å². The van der Waals surface area contributed by atoms with E-state index in [2.05, 4.69) is 15.6 Å². The van der Waals surface area contributed by atoms with Crippen molar-refractivity contribution in [3.8, 4) is 0 Å². The van der Waals surface area contributed by atoms with E-state index in [0.29, 0.717) is 19.5 Å². The first kappa shape index (κ1) is 11.5. The number of aromatic nitrogens is 1. The minimum atomic E-state index is -0.222. The number of rotatable bonds is 5. The number of carbonyl (C=O) groups excluding carboxylic acids is 1. The Labute approximate surface area is 88.5 Å². The van der Waals surface area contributed by atoms with E-state index in [1.165, 1.54) is 0 Å². The average molecular weight is 209 g/mol. The summed E-state index contributed by atoms with van der Waals surface area (Å²) in [5.74, 6) is 0. The van der Waals surface area contributed by atoms with Crippen LogP contribution in [0.4, 0.5) is 4.79 Å². The molecular formula is C10H15N3O2. The van der Waals surface area contributed by atoms with Gasteiger partial charge in [0.15, 0.2) is 0 Å². The molecule has 82 valence electrons. The van der Waals surface area contributed by atoms with Crippen LogP contribution in [0.25, 0.3) is 0 Å². The van der Waals surface area contributed by atoms with E-state index in [1.54, 1.807) is 12.4 Å². The quantitative estimate of drug-likeness (QED) is 0.609. The van der Waals surface area contributed by atoms with Crippen LogP contribution in [0.3, 0.4) is 0 Å². The Bertz CT molecular complexity index is 290. The molecule has 0 unspecified atom stereocenters. The van der Waals surface area contributed by atoms with Gasteiger partial charge in [0.05, 0.1) is 0 Å². The molecule has 0 spiro atoms. The highest BCUT2D eigenvalue weighted by Gasteiger charge is 1.98. The molecule has 0 saturated carbocycles. The molecule has 15 heavy (non-hydrogen) atoms. The summed E-state index contributed by atoms with van der Waals surface area (Å²) in [4.78, 5) is 15.0. The van der Waals surface area contributed by atoms with Crippen LogP contribution in [0, 0.1) is 0 Å². The van der Waals surface area contributed by atoms with Crippen molar-refractivity contribution in [2.24, 2.45) is 0 Å². The zero-order valence-corrected chi connectivity index (χ0v) is 8.44. The smallest absolute Gasteiger partial charge is 0.315 e. The van der Waals surface area contributed by atoms with Crippen LogP contribution in [-0.2, 0) is 6.54 Å². The summed E-state index contributed by atoms with van der Waals surface area (Å²) in [6, 6.07) is 3.46. The Morgan fingerprint density at radius 1 is 1.33 bits per heavy atom. The zero-order chi connectivity index (χ0) is 10.9. The van der Waals surface area contributed by atoms with Crippen molar-refractivity contribution in [3.05, 3.63) is 30.1 Å². The van der Waals surface area contributed by atoms with E-state index in [0.717, 1.165) is 5.56 Å². The summed E-state index contributed by atoms with van der Waals surface area (Å²) in [5, 5.41) is 13.8. The van der Waals surface area contributed by atoms with Crippen LogP contribution in [0.5, 0.6) is 0 Å². The van der Waals surface area contributed by atoms with Crippen molar-refractivity contribution >= 4 is 6.03 Å². The molecule has 0 radical (unpaired) electrons. The van der Waals surface area contributed by atoms with E-state index in [4.69, 9.17) is 5.11 Å². The zero-order valence-electron chi connectivity index (χ0n) is 8.44. The number of amides is 2. The van der Waals surface area contributed by atoms with Gasteiger partial charge in [0.25, 0.3) is 0 Å². The predicted octanol–water partition coefficient (Wildman–Crippen LogP) is 0.263. The lowest BCUT2D eigenvalue weighted by Gasteiger charge is -2.06. The number of aliphatic hydroxyl groups is 1. The first-order valence-electron chi connectivity index (χ1n) is 4.84. The molecule has 0 aliphatic carbocycles. The molecule has 0 saturated heterocycles. The maximum Gasteiger partial charge on any atom is 0.315 e. The number of hydrogen-bond acceptors (Lipinski definition) is 3. The fourth-order valence-electron chi connectivity index (χ4n) is 1.03. The van der Waals surface area contributed by atoms with Crippen molar-refractivity contribution in [3.63, 3.8) is 0 Å². The Kier molecular flexibility index (Phi) is 5.18. The van der Waals surface area contributed by atoms with Gasteiger partial charge in [-0.3, -0.25) is 4.98 Å². The molecule has 0 aromatic carbocycles. The maximum absolute atomic E-state index is 11.2. The highest BCUT2D eigenvalue weighted by molar-refractivity contribution is 5.73. The van der Waals surface area contributed by atoms with Crippen molar-refractivity contribution < 1.29 is 9.90 Å². The van der Waals surface area contributed by atoms with Crippen LogP contribution in [0.1, 0.15) is 12.0 Å². The van der Waals surface area contributed by atoms with Gasteiger partial charge < -0.3 is 15.7 Å². The lowest BCUT2D eigenvalue weighted by Crippen LogP contribution is -2.35. The minimum Gasteiger partial charge on any atom is -0.396 e. The maximum atomic E-state index is 11.2. The molecule has 1 rings (SSSR count). The second-order valence-corrected chi connectivity index (χ2v) is 3.04. The highest BCUT2D eigenvalue weighted by Crippen LogP contribution is 1.94. The van der Waals surface area contributed by atoms with Crippen molar-refractivity contribution in [1.29, 1.82) is 0 Å². The number of aliphatic hydroxyl groups excluding tert-OH is 1. The third-order valence-corrected chi connectivity index (χ3v) is 1.82. The monoisotopic (exact) mass is 209 g/mol. The molecular weight excluding hydrogens is 194 g/mol. The normalized spacial score (nSPS) is 9.67. The highest BCUT2D eigenvalue weighted by atomic mass is 16.3. The summed E-state index contributed by atoms with van der Waals surface area (Å²) >= 11 is 0. The lowest BCUT2D eigenvalue weighted by atomic mass is 10.3. The Morgan fingerprint density at radius 2 is 2.07 bits per heavy atom. The van der Waals surface area contributed by atoms with E-state index >= 15 is 0 Å². The van der Waals surface area contributed by atoms with Crippen LogP contribution in [-0.4, -0.2) is 29.3 Å². The van der Waals surface area contributed by atoms with Gasteiger partial charge >= 0.3 is 6.03 Å². The second kappa shape index (κ2) is 6.78. The van der Waals surface area contributed by atoms with Crippen LogP contribution in [0.15, 0.2) is 24.5 Å². The molecule has 5 heteroatoms. The van der Waals surface area contributed by atoms with Crippen LogP contribution in [0.2, 0.25) is 0 Å². The third-order valence-electron chi connectivity index (χ3n) is 1.82. The number of hydrogen-bond donors (Lipinski definition) is 3. The van der Waals surface area contributed by atoms with E-state index in [-0.39, 0.29) is 12.6 Å². The van der Waals surface area contributed by atoms with Gasteiger partial charge in [-0.05, 0) is 24.1 Å². The Morgan fingerprint density at radius 3 is 2.73 bits per heavy atom. The largest absolute Gasteiger partial charge is 0.396 e. The van der Waals surface area contributed by atoms with E-state index < -0.39 is 0 Å². The SMILES string of the molecule is O=C(NCCCO)NCc1ccncc1. The fraction of sp³-hybridized carbons (Fsp3) is 0.400. The molecule has 1 aromatic heterocycles. The molecule has 0 bridgehead atoms. The molecule has 0 atom stereocenters. The second-order valence-electron chi connectivity index (χ2n) is 3.04. The Balaban J connectivity index is 2.17. The number of nitrogens with one attached hydrogen (secondary N) is 2. The van der Waals surface area contributed by atoms with Crippen LogP contribution < -0.4 is 10.6 Å². The third kappa shape index (κ3) is 4.97. The van der Waals surface area contributed by atoms with Crippen molar-refractivity contribution in [2.45, 2.75) is 13.0 Å². The Hall–Kier alpha value is -1.62. The molecule has 0 aliphatic rings. The number of urea groups is 1. The number of nitrogens with zero attached hydrogens (tertiary/aromatic N) is 1. The van der Waals surface area contributed by atoms with Crippen molar-refractivity contribution in [1.82, 2.24) is 15.6 Å². The van der Waals surface area contributed by atoms with E-state index in [9.17, 15) is 4.79 Å². The number of carbonyl (C=O) groups is 1. The molecule has 2 amide bonds. The van der Waals surface area contributed by atoms with Gasteiger partial charge in [-0.1, -0.05) is 0 Å². The fourth-order valence-corrected chi connectivity index (χ4v) is 1.03. The summed E-state index contributed by atoms with van der Waals surface area (Å²) in [6.45, 7) is 1.05. The predicted molar refractivity (Wildman–Crippen MR) is 56.2 cm³/mol.